The molecule has 19 heavy (non-hydrogen) atoms. The van der Waals surface area contributed by atoms with Crippen molar-refractivity contribution in [1.82, 2.24) is 10.2 Å². The summed E-state index contributed by atoms with van der Waals surface area (Å²) in [6.45, 7) is 6.36. The topological polar surface area (TPSA) is 41.6 Å². The van der Waals surface area contributed by atoms with E-state index in [1.165, 1.54) is 4.88 Å². The van der Waals surface area contributed by atoms with Crippen LogP contribution in [0.3, 0.4) is 0 Å². The molecule has 1 amide bonds. The van der Waals surface area contributed by atoms with E-state index in [0.717, 1.165) is 32.7 Å². The second kappa shape index (κ2) is 7.62. The molecule has 106 valence electrons. The maximum atomic E-state index is 11.8. The van der Waals surface area contributed by atoms with Crippen molar-refractivity contribution in [2.24, 2.45) is 0 Å². The van der Waals surface area contributed by atoms with Gasteiger partial charge >= 0.3 is 0 Å². The van der Waals surface area contributed by atoms with E-state index in [2.05, 4.69) is 17.1 Å². The fourth-order valence-corrected chi connectivity index (χ4v) is 2.87. The molecule has 1 fully saturated rings. The van der Waals surface area contributed by atoms with Crippen LogP contribution in [0.1, 0.15) is 24.6 Å². The van der Waals surface area contributed by atoms with Gasteiger partial charge in [-0.1, -0.05) is 6.07 Å². The third-order valence-electron chi connectivity index (χ3n) is 3.23. The lowest BCUT2D eigenvalue weighted by Crippen LogP contribution is -2.34. The minimum Gasteiger partial charge on any atom is -0.377 e. The summed E-state index contributed by atoms with van der Waals surface area (Å²) in [4.78, 5) is 15.3. The summed E-state index contributed by atoms with van der Waals surface area (Å²) < 4.78 is 5.60. The second-order valence-electron chi connectivity index (χ2n) is 4.94. The van der Waals surface area contributed by atoms with Crippen LogP contribution in [-0.2, 0) is 16.1 Å². The Kier molecular flexibility index (Phi) is 5.82. The summed E-state index contributed by atoms with van der Waals surface area (Å²) >= 11 is 1.67. The van der Waals surface area contributed by atoms with Crippen LogP contribution in [0.5, 0.6) is 0 Å². The highest BCUT2D eigenvalue weighted by Gasteiger charge is 2.15. The first-order valence-corrected chi connectivity index (χ1v) is 7.75. The Balaban J connectivity index is 1.65. The minimum atomic E-state index is 0.131. The number of nitrogens with zero attached hydrogens (tertiary/aromatic N) is 1. The van der Waals surface area contributed by atoms with Crippen molar-refractivity contribution in [1.29, 1.82) is 0 Å². The monoisotopic (exact) mass is 282 g/mol. The molecular formula is C14H22N2O2S. The first-order valence-electron chi connectivity index (χ1n) is 6.87. The van der Waals surface area contributed by atoms with Gasteiger partial charge in [-0.3, -0.25) is 4.79 Å². The van der Waals surface area contributed by atoms with Gasteiger partial charge in [0.1, 0.15) is 0 Å². The van der Waals surface area contributed by atoms with Gasteiger partial charge in [0.05, 0.1) is 12.6 Å². The molecule has 0 saturated carbocycles. The molecule has 0 spiro atoms. The fourth-order valence-electron chi connectivity index (χ4n) is 2.23. The molecule has 0 aromatic carbocycles. The van der Waals surface area contributed by atoms with Crippen LogP contribution in [-0.4, -0.2) is 43.2 Å². The molecule has 4 nitrogen and oxygen atoms in total. The molecule has 1 saturated heterocycles. The maximum Gasteiger partial charge on any atom is 0.221 e. The first-order chi connectivity index (χ1) is 9.24. The van der Waals surface area contributed by atoms with Crippen LogP contribution in [0.4, 0.5) is 0 Å². The van der Waals surface area contributed by atoms with E-state index in [1.54, 1.807) is 11.3 Å². The molecular weight excluding hydrogens is 260 g/mol. The lowest BCUT2D eigenvalue weighted by atomic mass is 10.3. The standard InChI is InChI=1S/C14H22N2O2S/c1-12-11-16(6-3-8-18-12)7-5-14(17)15-10-13-4-2-9-19-13/h2,4,9,12H,3,5-8,10-11H2,1H3,(H,15,17)/t12-/m1/s1. The molecule has 1 aliphatic heterocycles. The van der Waals surface area contributed by atoms with Gasteiger partial charge in [0, 0.05) is 37.5 Å². The Morgan fingerprint density at radius 1 is 1.63 bits per heavy atom. The summed E-state index contributed by atoms with van der Waals surface area (Å²) in [5.74, 6) is 0.131. The number of carbonyl (C=O) groups excluding carboxylic acids is 1. The van der Waals surface area contributed by atoms with Crippen molar-refractivity contribution in [2.45, 2.75) is 32.4 Å². The molecule has 0 unspecified atom stereocenters. The zero-order valence-electron chi connectivity index (χ0n) is 11.4. The van der Waals surface area contributed by atoms with Crippen molar-refractivity contribution in [2.75, 3.05) is 26.2 Å². The summed E-state index contributed by atoms with van der Waals surface area (Å²) in [7, 11) is 0. The van der Waals surface area contributed by atoms with Crippen LogP contribution in [0.15, 0.2) is 17.5 Å². The summed E-state index contributed by atoms with van der Waals surface area (Å²) in [6, 6.07) is 4.05. The normalized spacial score (nSPS) is 21.0. The number of amides is 1. The average molecular weight is 282 g/mol. The van der Waals surface area contributed by atoms with Crippen LogP contribution >= 0.6 is 11.3 Å². The lowest BCUT2D eigenvalue weighted by molar-refractivity contribution is -0.121. The van der Waals surface area contributed by atoms with Crippen LogP contribution in [0, 0.1) is 0 Å². The van der Waals surface area contributed by atoms with Gasteiger partial charge in [-0.25, -0.2) is 0 Å². The maximum absolute atomic E-state index is 11.8. The average Bonchev–Trinajstić information content (AvgIpc) is 2.83. The molecule has 1 aliphatic rings. The number of ether oxygens (including phenoxy) is 1. The Bertz CT molecular complexity index is 381. The number of thiophene rings is 1. The third kappa shape index (κ3) is 5.30. The molecule has 1 atom stereocenters. The molecule has 0 aliphatic carbocycles. The Labute approximate surface area is 118 Å². The van der Waals surface area contributed by atoms with E-state index in [9.17, 15) is 4.79 Å². The van der Waals surface area contributed by atoms with Crippen molar-refractivity contribution in [3.05, 3.63) is 22.4 Å². The highest BCUT2D eigenvalue weighted by atomic mass is 32.1. The van der Waals surface area contributed by atoms with Gasteiger partial charge in [0.15, 0.2) is 0 Å². The van der Waals surface area contributed by atoms with E-state index < -0.39 is 0 Å². The molecule has 2 heterocycles. The summed E-state index contributed by atoms with van der Waals surface area (Å²) in [5, 5.41) is 4.99. The van der Waals surface area contributed by atoms with E-state index in [-0.39, 0.29) is 12.0 Å². The molecule has 5 heteroatoms. The number of hydrogen-bond donors (Lipinski definition) is 1. The Hall–Kier alpha value is -0.910. The van der Waals surface area contributed by atoms with E-state index in [1.807, 2.05) is 17.5 Å². The predicted molar refractivity (Wildman–Crippen MR) is 77.3 cm³/mol. The lowest BCUT2D eigenvalue weighted by Gasteiger charge is -2.21. The summed E-state index contributed by atoms with van der Waals surface area (Å²) in [6.07, 6.45) is 1.90. The number of rotatable bonds is 5. The highest BCUT2D eigenvalue weighted by Crippen LogP contribution is 2.08. The SMILES string of the molecule is C[C@@H]1CN(CCC(=O)NCc2cccs2)CCCO1. The largest absolute Gasteiger partial charge is 0.377 e. The molecule has 1 aromatic rings. The van der Waals surface area contributed by atoms with Crippen molar-refractivity contribution in [3.8, 4) is 0 Å². The van der Waals surface area contributed by atoms with Gasteiger partial charge in [0.2, 0.25) is 5.91 Å². The zero-order valence-corrected chi connectivity index (χ0v) is 12.2. The Morgan fingerprint density at radius 3 is 3.32 bits per heavy atom. The molecule has 0 bridgehead atoms. The van der Waals surface area contributed by atoms with Crippen molar-refractivity contribution < 1.29 is 9.53 Å². The van der Waals surface area contributed by atoms with Crippen LogP contribution in [0.25, 0.3) is 0 Å². The molecule has 0 radical (unpaired) electrons. The smallest absolute Gasteiger partial charge is 0.221 e. The van der Waals surface area contributed by atoms with E-state index >= 15 is 0 Å². The van der Waals surface area contributed by atoms with Crippen LogP contribution < -0.4 is 5.32 Å². The van der Waals surface area contributed by atoms with Crippen molar-refractivity contribution in [3.63, 3.8) is 0 Å². The predicted octanol–water partition coefficient (Wildman–Crippen LogP) is 1.87. The molecule has 1 N–H and O–H groups in total. The van der Waals surface area contributed by atoms with Gasteiger partial charge in [-0.15, -0.1) is 11.3 Å². The number of carbonyl (C=O) groups is 1. The summed E-state index contributed by atoms with van der Waals surface area (Å²) in [5.41, 5.74) is 0. The van der Waals surface area contributed by atoms with E-state index in [0.29, 0.717) is 13.0 Å². The molecule has 2 rings (SSSR count). The Morgan fingerprint density at radius 2 is 2.53 bits per heavy atom. The minimum absolute atomic E-state index is 0.131. The van der Waals surface area contributed by atoms with Gasteiger partial charge in [-0.2, -0.15) is 0 Å². The van der Waals surface area contributed by atoms with Crippen LogP contribution in [0.2, 0.25) is 0 Å². The van der Waals surface area contributed by atoms with Gasteiger partial charge < -0.3 is 15.0 Å². The number of nitrogens with one attached hydrogen (secondary N) is 1. The highest BCUT2D eigenvalue weighted by molar-refractivity contribution is 7.09. The zero-order chi connectivity index (χ0) is 13.5. The number of hydrogen-bond acceptors (Lipinski definition) is 4. The van der Waals surface area contributed by atoms with Gasteiger partial charge in [0.25, 0.3) is 0 Å². The first kappa shape index (κ1) is 14.5. The third-order valence-corrected chi connectivity index (χ3v) is 4.11. The second-order valence-corrected chi connectivity index (χ2v) is 5.97. The van der Waals surface area contributed by atoms with E-state index in [4.69, 9.17) is 4.74 Å². The molecule has 1 aromatic heterocycles. The quantitative estimate of drug-likeness (QED) is 0.896. The fraction of sp³-hybridized carbons (Fsp3) is 0.643. The van der Waals surface area contributed by atoms with Crippen molar-refractivity contribution >= 4 is 17.2 Å². The van der Waals surface area contributed by atoms with Gasteiger partial charge in [-0.05, 0) is 24.8 Å².